The molecule has 0 radical (unpaired) electrons. The zero-order valence-corrected chi connectivity index (χ0v) is 17.0. The summed E-state index contributed by atoms with van der Waals surface area (Å²) in [5, 5.41) is 9.09. The van der Waals surface area contributed by atoms with Gasteiger partial charge in [-0.25, -0.2) is 4.99 Å². The van der Waals surface area contributed by atoms with E-state index in [2.05, 4.69) is 44.0 Å². The molecule has 2 aromatic carbocycles. The maximum Gasteiger partial charge on any atom is 0.140 e. The van der Waals surface area contributed by atoms with Crippen molar-refractivity contribution in [1.29, 1.82) is 5.26 Å². The van der Waals surface area contributed by atoms with Crippen LogP contribution in [0.5, 0.6) is 0 Å². The Hall–Kier alpha value is -2.68. The predicted molar refractivity (Wildman–Crippen MR) is 111 cm³/mol. The van der Waals surface area contributed by atoms with Crippen LogP contribution in [0.3, 0.4) is 0 Å². The fraction of sp³-hybridized carbons (Fsp3) is 0.391. The summed E-state index contributed by atoms with van der Waals surface area (Å²) in [7, 11) is 2.01. The second-order valence-electron chi connectivity index (χ2n) is 7.36. The Kier molecular flexibility index (Phi) is 6.13. The van der Waals surface area contributed by atoms with Crippen LogP contribution in [-0.4, -0.2) is 38.0 Å². The van der Waals surface area contributed by atoms with Crippen molar-refractivity contribution in [2.45, 2.75) is 33.0 Å². The predicted octanol–water partition coefficient (Wildman–Crippen LogP) is 4.23. The molecule has 0 bridgehead atoms. The van der Waals surface area contributed by atoms with E-state index in [1.54, 1.807) is 6.07 Å². The highest BCUT2D eigenvalue weighted by Crippen LogP contribution is 2.39. The smallest absolute Gasteiger partial charge is 0.140 e. The number of aliphatic imine (C=N–C) groups is 1. The minimum atomic E-state index is -0.444. The van der Waals surface area contributed by atoms with Gasteiger partial charge in [-0.15, -0.1) is 0 Å². The summed E-state index contributed by atoms with van der Waals surface area (Å²) in [4.78, 5) is 6.66. The van der Waals surface area contributed by atoms with E-state index < -0.39 is 5.60 Å². The Morgan fingerprint density at radius 2 is 2.04 bits per heavy atom. The fourth-order valence-corrected chi connectivity index (χ4v) is 3.23. The van der Waals surface area contributed by atoms with Gasteiger partial charge in [0, 0.05) is 13.6 Å². The molecule has 3 rings (SSSR count). The Morgan fingerprint density at radius 3 is 2.68 bits per heavy atom. The molecule has 0 aliphatic carbocycles. The van der Waals surface area contributed by atoms with Crippen molar-refractivity contribution in [2.75, 3.05) is 26.8 Å². The van der Waals surface area contributed by atoms with Crippen molar-refractivity contribution >= 4 is 12.0 Å². The molecule has 0 N–H and O–H groups in total. The monoisotopic (exact) mass is 377 g/mol. The van der Waals surface area contributed by atoms with Crippen LogP contribution in [0.15, 0.2) is 41.4 Å². The van der Waals surface area contributed by atoms with Gasteiger partial charge in [-0.2, -0.15) is 5.26 Å². The van der Waals surface area contributed by atoms with Gasteiger partial charge in [0.15, 0.2) is 0 Å². The summed E-state index contributed by atoms with van der Waals surface area (Å²) in [5.41, 5.74) is 5.57. The zero-order chi connectivity index (χ0) is 20.1. The summed E-state index contributed by atoms with van der Waals surface area (Å²) >= 11 is 0. The summed E-state index contributed by atoms with van der Waals surface area (Å²) in [6.07, 6.45) is 1.86. The molecule has 146 valence electrons. The lowest BCUT2D eigenvalue weighted by Gasteiger charge is -2.42. The summed E-state index contributed by atoms with van der Waals surface area (Å²) in [6.45, 7) is 8.69. The van der Waals surface area contributed by atoms with E-state index in [1.807, 2.05) is 36.5 Å². The normalized spacial score (nSPS) is 15.2. The molecule has 0 spiro atoms. The Bertz CT molecular complexity index is 911. The van der Waals surface area contributed by atoms with Crippen LogP contribution in [0.25, 0.3) is 0 Å². The van der Waals surface area contributed by atoms with Crippen LogP contribution in [-0.2, 0) is 21.7 Å². The minimum Gasteiger partial charge on any atom is -0.375 e. The largest absolute Gasteiger partial charge is 0.375 e. The second kappa shape index (κ2) is 8.55. The molecule has 0 amide bonds. The molecule has 0 aromatic heterocycles. The Morgan fingerprint density at radius 1 is 1.25 bits per heavy atom. The number of nitrogens with zero attached hydrogens (tertiary/aromatic N) is 3. The Balaban J connectivity index is 1.82. The van der Waals surface area contributed by atoms with E-state index in [1.165, 1.54) is 0 Å². The summed E-state index contributed by atoms with van der Waals surface area (Å²) in [6, 6.07) is 14.0. The van der Waals surface area contributed by atoms with Gasteiger partial charge < -0.3 is 14.4 Å². The van der Waals surface area contributed by atoms with Crippen LogP contribution in [0, 0.1) is 25.2 Å². The SMILES string of the molecule is CCN(C)C=Nc1cc(C)c(C2(OCc3cccc(C#N)c3)COC2)cc1C. The van der Waals surface area contributed by atoms with E-state index in [4.69, 9.17) is 14.7 Å². The van der Waals surface area contributed by atoms with E-state index in [0.717, 1.165) is 34.5 Å². The van der Waals surface area contributed by atoms with Crippen molar-refractivity contribution in [2.24, 2.45) is 4.99 Å². The van der Waals surface area contributed by atoms with Crippen LogP contribution >= 0.6 is 0 Å². The molecule has 0 saturated carbocycles. The average Bonchev–Trinajstić information content (AvgIpc) is 2.68. The maximum absolute atomic E-state index is 9.09. The summed E-state index contributed by atoms with van der Waals surface area (Å²) < 4.78 is 11.9. The fourth-order valence-electron chi connectivity index (χ4n) is 3.23. The molecule has 0 unspecified atom stereocenters. The van der Waals surface area contributed by atoms with Crippen molar-refractivity contribution in [3.63, 3.8) is 0 Å². The first-order valence-electron chi connectivity index (χ1n) is 9.54. The van der Waals surface area contributed by atoms with Crippen molar-refractivity contribution in [1.82, 2.24) is 4.90 Å². The van der Waals surface area contributed by atoms with Gasteiger partial charge in [0.05, 0.1) is 43.5 Å². The van der Waals surface area contributed by atoms with Crippen molar-refractivity contribution in [3.8, 4) is 6.07 Å². The highest BCUT2D eigenvalue weighted by molar-refractivity contribution is 5.64. The van der Waals surface area contributed by atoms with Gasteiger partial charge in [-0.3, -0.25) is 0 Å². The number of rotatable bonds is 7. The number of hydrogen-bond donors (Lipinski definition) is 0. The first kappa shape index (κ1) is 20.1. The molecule has 1 saturated heterocycles. The molecule has 1 aliphatic heterocycles. The number of hydrogen-bond acceptors (Lipinski definition) is 4. The van der Waals surface area contributed by atoms with Crippen LogP contribution in [0.4, 0.5) is 5.69 Å². The second-order valence-corrected chi connectivity index (χ2v) is 7.36. The number of benzene rings is 2. The average molecular weight is 377 g/mol. The third-order valence-electron chi connectivity index (χ3n) is 5.17. The molecule has 1 heterocycles. The van der Waals surface area contributed by atoms with E-state index in [0.29, 0.717) is 25.4 Å². The molecular weight excluding hydrogens is 350 g/mol. The molecule has 2 aromatic rings. The standard InChI is InChI=1S/C23H27N3O2/c1-5-26(4)16-25-22-10-17(2)21(9-18(22)3)23(14-27-15-23)28-13-20-8-6-7-19(11-20)12-24/h6-11,16H,5,13-15H2,1-4H3. The lowest BCUT2D eigenvalue weighted by Crippen LogP contribution is -2.49. The zero-order valence-electron chi connectivity index (χ0n) is 17.0. The molecule has 1 aliphatic rings. The van der Waals surface area contributed by atoms with Gasteiger partial charge in [0.25, 0.3) is 0 Å². The molecule has 1 fully saturated rings. The van der Waals surface area contributed by atoms with Crippen LogP contribution < -0.4 is 0 Å². The van der Waals surface area contributed by atoms with E-state index in [-0.39, 0.29) is 0 Å². The van der Waals surface area contributed by atoms with Crippen molar-refractivity contribution < 1.29 is 9.47 Å². The van der Waals surface area contributed by atoms with Gasteiger partial charge in [0.2, 0.25) is 0 Å². The molecule has 5 heteroatoms. The van der Waals surface area contributed by atoms with Gasteiger partial charge in [-0.1, -0.05) is 18.2 Å². The topological polar surface area (TPSA) is 57.8 Å². The molecule has 0 atom stereocenters. The molecule has 28 heavy (non-hydrogen) atoms. The number of aryl methyl sites for hydroxylation is 2. The third kappa shape index (κ3) is 4.24. The Labute approximate surface area is 167 Å². The highest BCUT2D eigenvalue weighted by Gasteiger charge is 2.43. The van der Waals surface area contributed by atoms with Gasteiger partial charge >= 0.3 is 0 Å². The van der Waals surface area contributed by atoms with Gasteiger partial charge in [-0.05, 0) is 61.2 Å². The third-order valence-corrected chi connectivity index (χ3v) is 5.17. The van der Waals surface area contributed by atoms with Crippen LogP contribution in [0.2, 0.25) is 0 Å². The van der Waals surface area contributed by atoms with Crippen LogP contribution in [0.1, 0.15) is 34.7 Å². The number of ether oxygens (including phenoxy) is 2. The highest BCUT2D eigenvalue weighted by atomic mass is 16.6. The summed E-state index contributed by atoms with van der Waals surface area (Å²) in [5.74, 6) is 0. The van der Waals surface area contributed by atoms with Crippen molar-refractivity contribution in [3.05, 3.63) is 64.2 Å². The molecule has 5 nitrogen and oxygen atoms in total. The van der Waals surface area contributed by atoms with E-state index in [9.17, 15) is 0 Å². The number of nitriles is 1. The first-order chi connectivity index (χ1) is 13.5. The minimum absolute atomic E-state index is 0.443. The quantitative estimate of drug-likeness (QED) is 0.535. The first-order valence-corrected chi connectivity index (χ1v) is 9.54. The van der Waals surface area contributed by atoms with E-state index >= 15 is 0 Å². The van der Waals surface area contributed by atoms with Gasteiger partial charge in [0.1, 0.15) is 5.60 Å². The maximum atomic E-state index is 9.09. The molecular formula is C23H27N3O2. The lowest BCUT2D eigenvalue weighted by atomic mass is 9.86. The lowest BCUT2D eigenvalue weighted by molar-refractivity contribution is -0.223.